The van der Waals surface area contributed by atoms with Crippen LogP contribution in [-0.4, -0.2) is 25.0 Å². The van der Waals surface area contributed by atoms with E-state index in [1.807, 2.05) is 11.9 Å². The van der Waals surface area contributed by atoms with E-state index in [2.05, 4.69) is 21.9 Å². The summed E-state index contributed by atoms with van der Waals surface area (Å²) in [6.45, 7) is 5.68. The summed E-state index contributed by atoms with van der Waals surface area (Å²) in [6, 6.07) is 4.10. The fraction of sp³-hybridized carbons (Fsp3) is 0.118. The number of nitrogen functional groups attached to an aromatic ring is 1. The van der Waals surface area contributed by atoms with Gasteiger partial charge in [-0.25, -0.2) is 9.89 Å². The number of aromatic nitrogens is 5. The van der Waals surface area contributed by atoms with Gasteiger partial charge in [0.15, 0.2) is 5.75 Å². The van der Waals surface area contributed by atoms with Crippen LogP contribution in [0, 0.1) is 0 Å². The topological polar surface area (TPSA) is 149 Å². The van der Waals surface area contributed by atoms with Crippen molar-refractivity contribution in [3.05, 3.63) is 71.6 Å². The number of rotatable bonds is 5. The van der Waals surface area contributed by atoms with Crippen LogP contribution in [0.4, 0.5) is 5.82 Å². The lowest BCUT2D eigenvalue weighted by molar-refractivity contribution is 0.454. The maximum Gasteiger partial charge on any atom is 0.349 e. The predicted molar refractivity (Wildman–Crippen MR) is 109 cm³/mol. The first-order valence-electron chi connectivity index (χ1n) is 8.15. The molecule has 3 aromatic rings. The Morgan fingerprint density at radius 3 is 2.48 bits per heavy atom. The molecule has 2 heterocycles. The third-order valence-corrected chi connectivity index (χ3v) is 4.44. The molecule has 0 amide bonds. The van der Waals surface area contributed by atoms with Crippen LogP contribution < -0.4 is 27.3 Å². The second kappa shape index (κ2) is 7.94. The van der Waals surface area contributed by atoms with Crippen molar-refractivity contribution in [2.75, 3.05) is 5.73 Å². The lowest BCUT2D eigenvalue weighted by Crippen LogP contribution is -2.33. The minimum Gasteiger partial charge on any atom is -0.434 e. The zero-order valence-electron chi connectivity index (χ0n) is 15.0. The van der Waals surface area contributed by atoms with Gasteiger partial charge in [-0.15, -0.1) is 10.2 Å². The first kappa shape index (κ1) is 20.4. The smallest absolute Gasteiger partial charge is 0.349 e. The molecule has 0 radical (unpaired) electrons. The Bertz CT molecular complexity index is 1270. The monoisotopic (exact) mass is 436 g/mol. The molecule has 0 aliphatic heterocycles. The summed E-state index contributed by atoms with van der Waals surface area (Å²) in [4.78, 5) is 37.2. The first-order chi connectivity index (χ1) is 13.7. The van der Waals surface area contributed by atoms with Crippen LogP contribution in [0.3, 0.4) is 0 Å². The first-order valence-corrected chi connectivity index (χ1v) is 8.91. The minimum atomic E-state index is -0.824. The van der Waals surface area contributed by atoms with E-state index in [9.17, 15) is 14.4 Å². The molecule has 1 aromatic carbocycles. The molecule has 0 aliphatic carbocycles. The predicted octanol–water partition coefficient (Wildman–Crippen LogP) is 2.11. The van der Waals surface area contributed by atoms with E-state index in [1.165, 1.54) is 18.2 Å². The zero-order valence-corrected chi connectivity index (χ0v) is 16.5. The van der Waals surface area contributed by atoms with Gasteiger partial charge in [0.2, 0.25) is 11.7 Å². The quantitative estimate of drug-likeness (QED) is 0.554. The number of nitrogens with two attached hydrogens (primary N) is 1. The van der Waals surface area contributed by atoms with Gasteiger partial charge in [0.05, 0.1) is 15.7 Å². The molecule has 29 heavy (non-hydrogen) atoms. The Balaban J connectivity index is 2.03. The molecule has 2 aromatic heterocycles. The van der Waals surface area contributed by atoms with Crippen molar-refractivity contribution in [2.24, 2.45) is 0 Å². The summed E-state index contributed by atoms with van der Waals surface area (Å²) in [6.07, 6.45) is 0.562. The van der Waals surface area contributed by atoms with Gasteiger partial charge in [0.25, 0.3) is 11.1 Å². The van der Waals surface area contributed by atoms with Crippen LogP contribution in [0.25, 0.3) is 11.3 Å². The van der Waals surface area contributed by atoms with E-state index < -0.39 is 22.6 Å². The molecule has 0 fully saturated rings. The zero-order chi connectivity index (χ0) is 21.3. The molecule has 0 bridgehead atoms. The molecule has 4 N–H and O–H groups in total. The molecule has 0 aliphatic rings. The fourth-order valence-electron chi connectivity index (χ4n) is 2.35. The molecule has 0 spiro atoms. The molecule has 0 saturated carbocycles. The van der Waals surface area contributed by atoms with Gasteiger partial charge in [-0.1, -0.05) is 36.7 Å². The van der Waals surface area contributed by atoms with Crippen LogP contribution in [-0.2, 0) is 0 Å². The Morgan fingerprint density at radius 1 is 1.21 bits per heavy atom. The van der Waals surface area contributed by atoms with Crippen molar-refractivity contribution in [3.63, 3.8) is 0 Å². The highest BCUT2D eigenvalue weighted by molar-refractivity contribution is 6.37. The van der Waals surface area contributed by atoms with Crippen molar-refractivity contribution >= 4 is 34.6 Å². The van der Waals surface area contributed by atoms with Gasteiger partial charge in [0.1, 0.15) is 0 Å². The fourth-order valence-corrected chi connectivity index (χ4v) is 2.90. The maximum atomic E-state index is 12.0. The van der Waals surface area contributed by atoms with Gasteiger partial charge >= 0.3 is 5.69 Å². The highest BCUT2D eigenvalue weighted by atomic mass is 35.5. The molecular formula is C17H14Cl2N6O4. The Labute approximate surface area is 172 Å². The highest BCUT2D eigenvalue weighted by Crippen LogP contribution is 2.37. The molecule has 150 valence electrons. The number of ether oxygens (including phenoxy) is 1. The lowest BCUT2D eigenvalue weighted by Gasteiger charge is -2.12. The number of H-pyrrole nitrogens is 2. The normalized spacial score (nSPS) is 10.7. The van der Waals surface area contributed by atoms with Crippen molar-refractivity contribution in [1.82, 2.24) is 25.0 Å². The second-order valence-electron chi connectivity index (χ2n) is 5.80. The number of allylic oxidation sites excluding steroid dienone is 1. The minimum absolute atomic E-state index is 0.0230. The number of hydrogen-bond acceptors (Lipinski definition) is 7. The Morgan fingerprint density at radius 2 is 1.86 bits per heavy atom. The summed E-state index contributed by atoms with van der Waals surface area (Å²) in [5, 5.41) is 9.88. The summed E-state index contributed by atoms with van der Waals surface area (Å²) in [5.41, 5.74) is 4.48. The van der Waals surface area contributed by atoms with E-state index >= 15 is 0 Å². The van der Waals surface area contributed by atoms with Crippen LogP contribution in [0.5, 0.6) is 11.6 Å². The number of nitrogens with zero attached hydrogens (tertiary/aromatic N) is 3. The SMILES string of the molecule is C=C(CC)c1cc(Oc2c(Cl)cc(-n3nc(N)c(=O)[nH]c3=O)cc2Cl)n[nH]c1=O. The average Bonchev–Trinajstić information content (AvgIpc) is 2.68. The Hall–Kier alpha value is -3.37. The standard InChI is InChI=1S/C17H14Cl2N6O4/c1-3-7(2)9-6-12(22-23-15(9)26)29-13-10(18)4-8(5-11(13)19)25-17(28)21-16(27)14(20)24-25/h4-6H,2-3H2,1H3,(H2,20,24)(H,23,26)(H,21,27,28). The van der Waals surface area contributed by atoms with Crippen LogP contribution in [0.15, 0.2) is 39.2 Å². The van der Waals surface area contributed by atoms with Crippen molar-refractivity contribution in [3.8, 4) is 17.3 Å². The number of halogens is 2. The highest BCUT2D eigenvalue weighted by Gasteiger charge is 2.16. The molecule has 0 saturated heterocycles. The van der Waals surface area contributed by atoms with Gasteiger partial charge in [-0.2, -0.15) is 4.68 Å². The third-order valence-electron chi connectivity index (χ3n) is 3.88. The Kier molecular flexibility index (Phi) is 5.57. The summed E-state index contributed by atoms with van der Waals surface area (Å²) < 4.78 is 6.45. The largest absolute Gasteiger partial charge is 0.434 e. The maximum absolute atomic E-state index is 12.0. The number of benzene rings is 1. The number of nitrogens with one attached hydrogen (secondary N) is 2. The summed E-state index contributed by atoms with van der Waals surface area (Å²) >= 11 is 12.5. The molecule has 3 rings (SSSR count). The van der Waals surface area contributed by atoms with Crippen molar-refractivity contribution in [2.45, 2.75) is 13.3 Å². The molecular weight excluding hydrogens is 423 g/mol. The molecule has 12 heteroatoms. The number of anilines is 1. The summed E-state index contributed by atoms with van der Waals surface area (Å²) in [7, 11) is 0. The lowest BCUT2D eigenvalue weighted by atomic mass is 10.1. The van der Waals surface area contributed by atoms with Crippen molar-refractivity contribution < 1.29 is 4.74 Å². The van der Waals surface area contributed by atoms with E-state index in [1.54, 1.807) is 0 Å². The van der Waals surface area contributed by atoms with Crippen molar-refractivity contribution in [1.29, 1.82) is 0 Å². The number of hydrogen-bond donors (Lipinski definition) is 3. The van der Waals surface area contributed by atoms with E-state index in [0.29, 0.717) is 17.6 Å². The van der Waals surface area contributed by atoms with E-state index in [-0.39, 0.29) is 27.4 Å². The van der Waals surface area contributed by atoms with Crippen LogP contribution in [0.2, 0.25) is 10.0 Å². The molecule has 0 unspecified atom stereocenters. The van der Waals surface area contributed by atoms with Gasteiger partial charge in [-0.3, -0.25) is 14.6 Å². The van der Waals surface area contributed by atoms with E-state index in [4.69, 9.17) is 33.7 Å². The summed E-state index contributed by atoms with van der Waals surface area (Å²) in [5.74, 6) is -0.331. The van der Waals surface area contributed by atoms with Gasteiger partial charge in [0, 0.05) is 11.6 Å². The van der Waals surface area contributed by atoms with Crippen LogP contribution in [0.1, 0.15) is 18.9 Å². The average molecular weight is 437 g/mol. The van der Waals surface area contributed by atoms with Gasteiger partial charge in [-0.05, 0) is 24.1 Å². The van der Waals surface area contributed by atoms with E-state index in [0.717, 1.165) is 4.68 Å². The molecule has 10 nitrogen and oxygen atoms in total. The number of aromatic amines is 2. The van der Waals surface area contributed by atoms with Crippen LogP contribution >= 0.6 is 23.2 Å². The van der Waals surface area contributed by atoms with Gasteiger partial charge < -0.3 is 10.5 Å². The third kappa shape index (κ3) is 4.08. The second-order valence-corrected chi connectivity index (χ2v) is 6.62. The molecule has 0 atom stereocenters.